The first kappa shape index (κ1) is 6.70. The van der Waals surface area contributed by atoms with Crippen LogP contribution < -0.4 is 0 Å². The first-order chi connectivity index (χ1) is 4.19. The molecule has 0 N–H and O–H groups in total. The molecule has 9 heavy (non-hydrogen) atoms. The average molecular weight is 139 g/mol. The van der Waals surface area contributed by atoms with Gasteiger partial charge in [-0.15, -0.1) is 11.8 Å². The van der Waals surface area contributed by atoms with E-state index in [4.69, 9.17) is 5.26 Å². The summed E-state index contributed by atoms with van der Waals surface area (Å²) in [5.74, 6) is 0. The van der Waals surface area contributed by atoms with Crippen LogP contribution in [0.25, 0.3) is 0 Å². The number of allylic oxidation sites excluding steroid dienone is 1. The Hall–Kier alpha value is -0.420. The van der Waals surface area contributed by atoms with Crippen molar-refractivity contribution in [3.8, 4) is 6.07 Å². The van der Waals surface area contributed by atoms with E-state index in [0.29, 0.717) is 5.25 Å². The highest BCUT2D eigenvalue weighted by molar-refractivity contribution is 8.03. The van der Waals surface area contributed by atoms with Gasteiger partial charge in [-0.2, -0.15) is 5.26 Å². The molecule has 2 atom stereocenters. The molecule has 0 saturated heterocycles. The molecule has 1 heterocycles. The Morgan fingerprint density at radius 1 is 1.78 bits per heavy atom. The predicted molar refractivity (Wildman–Crippen MR) is 39.9 cm³/mol. The van der Waals surface area contributed by atoms with Crippen LogP contribution in [0, 0.1) is 16.7 Å². The van der Waals surface area contributed by atoms with E-state index in [0.717, 1.165) is 0 Å². The third kappa shape index (κ3) is 0.972. The Bertz CT molecular complexity index is 180. The van der Waals surface area contributed by atoms with Crippen molar-refractivity contribution in [1.29, 1.82) is 5.26 Å². The zero-order valence-electron chi connectivity index (χ0n) is 5.59. The predicted octanol–water partition coefficient (Wildman–Crippen LogP) is 2.17. The van der Waals surface area contributed by atoms with Crippen LogP contribution in [0.3, 0.4) is 0 Å². The zero-order valence-corrected chi connectivity index (χ0v) is 6.40. The minimum Gasteiger partial charge on any atom is -0.197 e. The van der Waals surface area contributed by atoms with Crippen LogP contribution in [0.2, 0.25) is 0 Å². The third-order valence-corrected chi connectivity index (χ3v) is 2.97. The highest BCUT2D eigenvalue weighted by Gasteiger charge is 2.31. The number of thioether (sulfide) groups is 1. The van der Waals surface area contributed by atoms with Crippen LogP contribution in [-0.2, 0) is 0 Å². The molecule has 0 amide bonds. The zero-order chi connectivity index (χ0) is 6.91. The van der Waals surface area contributed by atoms with Gasteiger partial charge >= 0.3 is 0 Å². The second-order valence-corrected chi connectivity index (χ2v) is 3.73. The SMILES string of the molecule is CC1SC=CC1(C)C#N. The maximum Gasteiger partial charge on any atom is 0.0852 e. The molecular weight excluding hydrogens is 130 g/mol. The van der Waals surface area contributed by atoms with Crippen LogP contribution >= 0.6 is 11.8 Å². The van der Waals surface area contributed by atoms with Crippen LogP contribution in [0.1, 0.15) is 13.8 Å². The summed E-state index contributed by atoms with van der Waals surface area (Å²) in [6, 6.07) is 2.28. The molecule has 2 unspecified atom stereocenters. The van der Waals surface area contributed by atoms with Crippen LogP contribution in [0.15, 0.2) is 11.5 Å². The number of hydrogen-bond acceptors (Lipinski definition) is 2. The molecule has 1 rings (SSSR count). The Morgan fingerprint density at radius 2 is 2.44 bits per heavy atom. The highest BCUT2D eigenvalue weighted by atomic mass is 32.2. The number of nitriles is 1. The van der Waals surface area contributed by atoms with Crippen molar-refractivity contribution >= 4 is 11.8 Å². The normalized spacial score (nSPS) is 40.8. The second-order valence-electron chi connectivity index (χ2n) is 2.48. The van der Waals surface area contributed by atoms with Gasteiger partial charge < -0.3 is 0 Å². The lowest BCUT2D eigenvalue weighted by Gasteiger charge is -2.16. The molecule has 0 aromatic heterocycles. The van der Waals surface area contributed by atoms with Crippen molar-refractivity contribution in [2.24, 2.45) is 5.41 Å². The molecular formula is C7H9NS. The van der Waals surface area contributed by atoms with Crippen molar-refractivity contribution in [1.82, 2.24) is 0 Å². The largest absolute Gasteiger partial charge is 0.197 e. The molecule has 0 spiro atoms. The first-order valence-electron chi connectivity index (χ1n) is 2.93. The lowest BCUT2D eigenvalue weighted by molar-refractivity contribution is 0.572. The van der Waals surface area contributed by atoms with Gasteiger partial charge in [0.05, 0.1) is 11.5 Å². The van der Waals surface area contributed by atoms with Crippen molar-refractivity contribution < 1.29 is 0 Å². The minimum atomic E-state index is -0.218. The lowest BCUT2D eigenvalue weighted by atomic mass is 9.90. The van der Waals surface area contributed by atoms with Gasteiger partial charge in [-0.3, -0.25) is 0 Å². The van der Waals surface area contributed by atoms with Gasteiger partial charge in [-0.1, -0.05) is 13.0 Å². The molecule has 2 heteroatoms. The molecule has 0 aromatic carbocycles. The second kappa shape index (κ2) is 2.07. The van der Waals surface area contributed by atoms with Crippen LogP contribution in [-0.4, -0.2) is 5.25 Å². The summed E-state index contributed by atoms with van der Waals surface area (Å²) in [4.78, 5) is 0. The van der Waals surface area contributed by atoms with Gasteiger partial charge in [0.25, 0.3) is 0 Å². The van der Waals surface area contributed by atoms with Crippen molar-refractivity contribution in [2.75, 3.05) is 0 Å². The van der Waals surface area contributed by atoms with E-state index >= 15 is 0 Å². The maximum absolute atomic E-state index is 8.68. The summed E-state index contributed by atoms with van der Waals surface area (Å²) in [5.41, 5.74) is -0.218. The van der Waals surface area contributed by atoms with Crippen molar-refractivity contribution in [3.63, 3.8) is 0 Å². The topological polar surface area (TPSA) is 23.8 Å². The smallest absolute Gasteiger partial charge is 0.0852 e. The van der Waals surface area contributed by atoms with E-state index in [1.807, 2.05) is 18.4 Å². The quantitative estimate of drug-likeness (QED) is 0.513. The maximum atomic E-state index is 8.68. The molecule has 1 nitrogen and oxygen atoms in total. The van der Waals surface area contributed by atoms with Gasteiger partial charge in [-0.05, 0) is 12.3 Å². The molecule has 0 aliphatic carbocycles. The van der Waals surface area contributed by atoms with Gasteiger partial charge in [0.2, 0.25) is 0 Å². The lowest BCUT2D eigenvalue weighted by Crippen LogP contribution is -2.18. The molecule has 0 fully saturated rings. The van der Waals surface area contributed by atoms with E-state index in [9.17, 15) is 0 Å². The van der Waals surface area contributed by atoms with Gasteiger partial charge in [-0.25, -0.2) is 0 Å². The van der Waals surface area contributed by atoms with Gasteiger partial charge in [0, 0.05) is 5.25 Å². The Labute approximate surface area is 59.7 Å². The monoisotopic (exact) mass is 139 g/mol. The van der Waals surface area contributed by atoms with Crippen LogP contribution in [0.4, 0.5) is 0 Å². The minimum absolute atomic E-state index is 0.218. The van der Waals surface area contributed by atoms with Crippen molar-refractivity contribution in [2.45, 2.75) is 19.1 Å². The van der Waals surface area contributed by atoms with Crippen molar-refractivity contribution in [3.05, 3.63) is 11.5 Å². The fourth-order valence-electron chi connectivity index (χ4n) is 0.704. The summed E-state index contributed by atoms with van der Waals surface area (Å²) in [6.07, 6.45) is 1.97. The van der Waals surface area contributed by atoms with Gasteiger partial charge in [0.15, 0.2) is 0 Å². The van der Waals surface area contributed by atoms with E-state index in [1.54, 1.807) is 11.8 Å². The summed E-state index contributed by atoms with van der Waals surface area (Å²) in [6.45, 7) is 4.04. The molecule has 1 aliphatic rings. The average Bonchev–Trinajstić information content (AvgIpc) is 2.15. The molecule has 1 aliphatic heterocycles. The fourth-order valence-corrected chi connectivity index (χ4v) is 1.71. The number of nitrogens with zero attached hydrogens (tertiary/aromatic N) is 1. The molecule has 0 aromatic rings. The van der Waals surface area contributed by atoms with E-state index < -0.39 is 0 Å². The first-order valence-corrected chi connectivity index (χ1v) is 3.88. The Kier molecular flexibility index (Phi) is 1.54. The molecule has 0 saturated carbocycles. The highest BCUT2D eigenvalue weighted by Crippen LogP contribution is 2.38. The third-order valence-electron chi connectivity index (χ3n) is 1.78. The molecule has 48 valence electrons. The number of rotatable bonds is 0. The summed E-state index contributed by atoms with van der Waals surface area (Å²) >= 11 is 1.73. The van der Waals surface area contributed by atoms with Crippen LogP contribution in [0.5, 0.6) is 0 Å². The summed E-state index contributed by atoms with van der Waals surface area (Å²) in [7, 11) is 0. The summed E-state index contributed by atoms with van der Waals surface area (Å²) in [5, 5.41) is 11.1. The summed E-state index contributed by atoms with van der Waals surface area (Å²) < 4.78 is 0. The Balaban J connectivity index is 2.82. The molecule has 0 bridgehead atoms. The van der Waals surface area contributed by atoms with Gasteiger partial charge in [0.1, 0.15) is 0 Å². The number of hydrogen-bond donors (Lipinski definition) is 0. The van der Waals surface area contributed by atoms with E-state index in [2.05, 4.69) is 13.0 Å². The fraction of sp³-hybridized carbons (Fsp3) is 0.571. The van der Waals surface area contributed by atoms with E-state index in [-0.39, 0.29) is 5.41 Å². The molecule has 0 radical (unpaired) electrons. The van der Waals surface area contributed by atoms with E-state index in [1.165, 1.54) is 0 Å². The Morgan fingerprint density at radius 3 is 2.67 bits per heavy atom. The standard InChI is InChI=1S/C7H9NS/c1-6-7(2,5-8)3-4-9-6/h3-4,6H,1-2H3.